The smallest absolute Gasteiger partial charge is 0.391 e. The summed E-state index contributed by atoms with van der Waals surface area (Å²) >= 11 is 0. The zero-order chi connectivity index (χ0) is 15.0. The second kappa shape index (κ2) is 5.64. The van der Waals surface area contributed by atoms with Gasteiger partial charge in [0.25, 0.3) is 0 Å². The minimum Gasteiger partial charge on any atom is -0.393 e. The van der Waals surface area contributed by atoms with E-state index in [0.717, 1.165) is 12.8 Å². The number of rotatable bonds is 3. The predicted octanol–water partition coefficient (Wildman–Crippen LogP) is 4.45. The van der Waals surface area contributed by atoms with E-state index in [2.05, 4.69) is 12.1 Å². The highest BCUT2D eigenvalue weighted by atomic mass is 19.4. The summed E-state index contributed by atoms with van der Waals surface area (Å²) in [4.78, 5) is 0. The van der Waals surface area contributed by atoms with E-state index >= 15 is 0 Å². The summed E-state index contributed by atoms with van der Waals surface area (Å²) in [6, 6.07) is 8.13. The Morgan fingerprint density at radius 2 is 1.95 bits per heavy atom. The first kappa shape index (κ1) is 14.9. The molecule has 0 spiro atoms. The van der Waals surface area contributed by atoms with Crippen molar-refractivity contribution in [3.63, 3.8) is 0 Å². The molecule has 4 heteroatoms. The molecule has 3 rings (SSSR count). The third-order valence-electron chi connectivity index (χ3n) is 5.21. The van der Waals surface area contributed by atoms with Crippen molar-refractivity contribution in [3.8, 4) is 0 Å². The molecule has 0 aliphatic heterocycles. The molecule has 116 valence electrons. The van der Waals surface area contributed by atoms with Gasteiger partial charge in [-0.25, -0.2) is 0 Å². The number of aliphatic hydroxyl groups is 1. The third kappa shape index (κ3) is 3.10. The first-order valence-electron chi connectivity index (χ1n) is 7.77. The van der Waals surface area contributed by atoms with E-state index in [-0.39, 0.29) is 18.8 Å². The van der Waals surface area contributed by atoms with Crippen molar-refractivity contribution >= 4 is 0 Å². The summed E-state index contributed by atoms with van der Waals surface area (Å²) < 4.78 is 38.5. The standard InChI is InChI=1S/C17H21F3O/c18-17(19,20)14-6-3-5-12(9-14)16(21)10-13-8-11-4-1-2-7-15(11)13/h1-2,4,7,12-14,16,21H,3,5-6,8-10H2. The lowest BCUT2D eigenvalue weighted by molar-refractivity contribution is -0.189. The van der Waals surface area contributed by atoms with Gasteiger partial charge in [0.15, 0.2) is 0 Å². The van der Waals surface area contributed by atoms with E-state index in [1.165, 1.54) is 11.1 Å². The third-order valence-corrected chi connectivity index (χ3v) is 5.21. The van der Waals surface area contributed by atoms with Crippen molar-refractivity contribution < 1.29 is 18.3 Å². The van der Waals surface area contributed by atoms with Crippen molar-refractivity contribution in [2.24, 2.45) is 11.8 Å². The molecular formula is C17H21F3O. The fourth-order valence-corrected chi connectivity index (χ4v) is 3.93. The molecule has 1 fully saturated rings. The molecule has 0 bridgehead atoms. The van der Waals surface area contributed by atoms with Crippen LogP contribution in [0.1, 0.15) is 49.1 Å². The Morgan fingerprint density at radius 3 is 2.67 bits per heavy atom. The van der Waals surface area contributed by atoms with Gasteiger partial charge >= 0.3 is 6.18 Å². The van der Waals surface area contributed by atoms with Crippen LogP contribution in [0.25, 0.3) is 0 Å². The summed E-state index contributed by atoms with van der Waals surface area (Å²) in [7, 11) is 0. The number of hydrogen-bond acceptors (Lipinski definition) is 1. The van der Waals surface area contributed by atoms with Crippen LogP contribution in [-0.2, 0) is 6.42 Å². The van der Waals surface area contributed by atoms with Gasteiger partial charge in [-0.3, -0.25) is 0 Å². The minimum atomic E-state index is -4.11. The highest BCUT2D eigenvalue weighted by Crippen LogP contribution is 2.44. The molecule has 0 radical (unpaired) electrons. The Morgan fingerprint density at radius 1 is 1.19 bits per heavy atom. The van der Waals surface area contributed by atoms with Crippen molar-refractivity contribution in [3.05, 3.63) is 35.4 Å². The monoisotopic (exact) mass is 298 g/mol. The van der Waals surface area contributed by atoms with Crippen LogP contribution < -0.4 is 0 Å². The SMILES string of the molecule is OC(CC1Cc2ccccc21)C1CCCC(C(F)(F)F)C1. The van der Waals surface area contributed by atoms with Crippen LogP contribution in [0.2, 0.25) is 0 Å². The van der Waals surface area contributed by atoms with Gasteiger partial charge in [-0.2, -0.15) is 13.2 Å². The van der Waals surface area contributed by atoms with Crippen LogP contribution in [0.5, 0.6) is 0 Å². The Hall–Kier alpha value is -1.03. The van der Waals surface area contributed by atoms with Gasteiger partial charge in [-0.05, 0) is 55.1 Å². The molecule has 21 heavy (non-hydrogen) atoms. The molecule has 0 heterocycles. The summed E-state index contributed by atoms with van der Waals surface area (Å²) in [6.07, 6.45) is -1.54. The molecule has 4 unspecified atom stereocenters. The van der Waals surface area contributed by atoms with E-state index in [9.17, 15) is 18.3 Å². The number of halogens is 3. The van der Waals surface area contributed by atoms with E-state index < -0.39 is 18.2 Å². The van der Waals surface area contributed by atoms with Crippen molar-refractivity contribution in [1.82, 2.24) is 0 Å². The lowest BCUT2D eigenvalue weighted by Crippen LogP contribution is -2.35. The Bertz CT molecular complexity index is 497. The van der Waals surface area contributed by atoms with Gasteiger partial charge in [0, 0.05) is 0 Å². The van der Waals surface area contributed by atoms with Gasteiger partial charge in [0.2, 0.25) is 0 Å². The Balaban J connectivity index is 1.58. The first-order valence-corrected chi connectivity index (χ1v) is 7.77. The molecule has 0 saturated heterocycles. The maximum Gasteiger partial charge on any atom is 0.391 e. The van der Waals surface area contributed by atoms with Crippen LogP contribution in [0.4, 0.5) is 13.2 Å². The molecule has 1 saturated carbocycles. The normalized spacial score (nSPS) is 30.4. The van der Waals surface area contributed by atoms with E-state index in [4.69, 9.17) is 0 Å². The molecule has 1 N–H and O–H groups in total. The van der Waals surface area contributed by atoms with Crippen molar-refractivity contribution in [2.45, 2.75) is 56.7 Å². The average Bonchev–Trinajstić information content (AvgIpc) is 2.44. The van der Waals surface area contributed by atoms with Crippen LogP contribution in [0, 0.1) is 11.8 Å². The van der Waals surface area contributed by atoms with Gasteiger partial charge in [-0.15, -0.1) is 0 Å². The molecule has 1 aromatic rings. The molecule has 4 atom stereocenters. The number of hydrogen-bond donors (Lipinski definition) is 1. The minimum absolute atomic E-state index is 0.0963. The van der Waals surface area contributed by atoms with Gasteiger partial charge in [0.05, 0.1) is 12.0 Å². The summed E-state index contributed by atoms with van der Waals surface area (Å²) in [5, 5.41) is 10.4. The van der Waals surface area contributed by atoms with E-state index in [1.807, 2.05) is 12.1 Å². The maximum absolute atomic E-state index is 12.8. The van der Waals surface area contributed by atoms with Crippen LogP contribution in [0.3, 0.4) is 0 Å². The number of benzene rings is 1. The van der Waals surface area contributed by atoms with Gasteiger partial charge < -0.3 is 5.11 Å². The average molecular weight is 298 g/mol. The lowest BCUT2D eigenvalue weighted by Gasteiger charge is -2.37. The van der Waals surface area contributed by atoms with E-state index in [0.29, 0.717) is 18.8 Å². The summed E-state index contributed by atoms with van der Waals surface area (Å²) in [6.45, 7) is 0. The second-order valence-corrected chi connectivity index (χ2v) is 6.57. The highest BCUT2D eigenvalue weighted by Gasteiger charge is 2.43. The highest BCUT2D eigenvalue weighted by molar-refractivity contribution is 5.39. The molecule has 2 aliphatic rings. The Labute approximate surface area is 123 Å². The molecule has 0 amide bonds. The molecule has 0 aromatic heterocycles. The lowest BCUT2D eigenvalue weighted by atomic mass is 9.71. The summed E-state index contributed by atoms with van der Waals surface area (Å²) in [5.41, 5.74) is 2.58. The fraction of sp³-hybridized carbons (Fsp3) is 0.647. The Kier molecular flexibility index (Phi) is 4.00. The quantitative estimate of drug-likeness (QED) is 0.874. The fourth-order valence-electron chi connectivity index (χ4n) is 3.93. The number of aliphatic hydroxyl groups excluding tert-OH is 1. The molecule has 1 aromatic carbocycles. The van der Waals surface area contributed by atoms with Gasteiger partial charge in [-0.1, -0.05) is 30.7 Å². The predicted molar refractivity (Wildman–Crippen MR) is 75.0 cm³/mol. The van der Waals surface area contributed by atoms with Crippen LogP contribution >= 0.6 is 0 Å². The van der Waals surface area contributed by atoms with Crippen molar-refractivity contribution in [2.75, 3.05) is 0 Å². The van der Waals surface area contributed by atoms with Gasteiger partial charge in [0.1, 0.15) is 0 Å². The zero-order valence-corrected chi connectivity index (χ0v) is 11.9. The maximum atomic E-state index is 12.8. The summed E-state index contributed by atoms with van der Waals surface area (Å²) in [5.74, 6) is -1.10. The van der Waals surface area contributed by atoms with Crippen LogP contribution in [-0.4, -0.2) is 17.4 Å². The number of fused-ring (bicyclic) bond motifs is 1. The van der Waals surface area contributed by atoms with Crippen molar-refractivity contribution in [1.29, 1.82) is 0 Å². The largest absolute Gasteiger partial charge is 0.393 e. The number of alkyl halides is 3. The molecular weight excluding hydrogens is 277 g/mol. The topological polar surface area (TPSA) is 20.2 Å². The van der Waals surface area contributed by atoms with Crippen LogP contribution in [0.15, 0.2) is 24.3 Å². The molecule has 2 aliphatic carbocycles. The molecule has 1 nitrogen and oxygen atoms in total. The van der Waals surface area contributed by atoms with E-state index in [1.54, 1.807) is 0 Å². The zero-order valence-electron chi connectivity index (χ0n) is 11.9. The first-order chi connectivity index (χ1) is 9.95. The second-order valence-electron chi connectivity index (χ2n) is 6.57.